The van der Waals surface area contributed by atoms with Crippen molar-refractivity contribution in [3.63, 3.8) is 0 Å². The number of hydrazine groups is 1. The van der Waals surface area contributed by atoms with E-state index in [9.17, 15) is 28.8 Å². The van der Waals surface area contributed by atoms with Crippen LogP contribution in [0.5, 0.6) is 5.75 Å². The number of morpholine rings is 1. The molecule has 1 atom stereocenters. The van der Waals surface area contributed by atoms with Gasteiger partial charge in [-0.15, -0.1) is 0 Å². The second-order valence-corrected chi connectivity index (χ2v) is 18.0. The van der Waals surface area contributed by atoms with Crippen molar-refractivity contribution in [2.24, 2.45) is 0 Å². The number of hydrogen-bond donors (Lipinski definition) is 7. The quantitative estimate of drug-likeness (QED) is 0.0248. The monoisotopic (exact) mass is 1040 g/mol. The molecule has 1 saturated heterocycles. The van der Waals surface area contributed by atoms with Crippen LogP contribution in [-0.2, 0) is 47.5 Å². The van der Waals surface area contributed by atoms with Crippen LogP contribution in [0.4, 0.5) is 16.2 Å². The minimum absolute atomic E-state index is 0.00550. The van der Waals surface area contributed by atoms with Crippen molar-refractivity contribution in [3.05, 3.63) is 83.4 Å². The number of ether oxygens (including phenoxy) is 8. The van der Waals surface area contributed by atoms with Gasteiger partial charge in [0.15, 0.2) is 12.4 Å². The maximum absolute atomic E-state index is 13.8. The fourth-order valence-electron chi connectivity index (χ4n) is 7.60. The van der Waals surface area contributed by atoms with E-state index in [-0.39, 0.29) is 50.2 Å². The van der Waals surface area contributed by atoms with Crippen molar-refractivity contribution >= 4 is 46.9 Å². The first-order chi connectivity index (χ1) is 36.3. The standard InChI is InChI=1S/C52H69N9O14/c1-52(2,3)75-50(66)41(56-49(65)36-8-12-37(53-4)13-9-36)16-17-42(62)54-18-22-68-26-28-71-30-32-73-33-31-72-29-27-69-23-19-55-43(63)34-74-38-14-10-35(11-15-38)46-45-47(59-58-46)39-6-5-7-40(44(39)48(45)64)57-51(67)60-61-20-24-70-25-21-61/h5-15,41,53H,16-34H2,1-4H3,(H,54,62)(H,55,63)(H,56,65)(H,58,59)(H2,57,60,67)/t41-/m0/s1. The maximum Gasteiger partial charge on any atom is 0.333 e. The number of nitrogens with zero attached hydrogens (tertiary/aromatic N) is 2. The van der Waals surface area contributed by atoms with Crippen molar-refractivity contribution in [1.29, 1.82) is 0 Å². The summed E-state index contributed by atoms with van der Waals surface area (Å²) >= 11 is 0. The summed E-state index contributed by atoms with van der Waals surface area (Å²) in [5, 5.41) is 23.2. The molecule has 0 spiro atoms. The molecule has 0 saturated carbocycles. The summed E-state index contributed by atoms with van der Waals surface area (Å²) < 4.78 is 44.1. The average Bonchev–Trinajstić information content (AvgIpc) is 3.99. The number of H-pyrrole nitrogens is 1. The first-order valence-electron chi connectivity index (χ1n) is 24.9. The van der Waals surface area contributed by atoms with Crippen molar-refractivity contribution in [1.82, 2.24) is 36.6 Å². The highest BCUT2D eigenvalue weighted by atomic mass is 16.6. The second kappa shape index (κ2) is 29.8. The largest absolute Gasteiger partial charge is 0.484 e. The minimum atomic E-state index is -1.01. The SMILES string of the molecule is CNc1ccc(C(=O)N[C@@H](CCC(=O)NCCOCCOCCOCCOCCOCCNC(=O)COc2ccc(-c3n[nH]c4c3C(=O)c3c(NC(=O)NN5CCOCC5)cccc3-4)cc2)C(=O)OC(C)(C)C)cc1. The third-order valence-electron chi connectivity index (χ3n) is 11.3. The lowest BCUT2D eigenvalue weighted by Gasteiger charge is -2.27. The Kier molecular flexibility index (Phi) is 22.8. The van der Waals surface area contributed by atoms with Crippen LogP contribution in [0, 0.1) is 0 Å². The maximum atomic E-state index is 13.8. The number of urea groups is 1. The Labute approximate surface area is 435 Å². The number of benzene rings is 3. The predicted octanol–water partition coefficient (Wildman–Crippen LogP) is 3.31. The number of nitrogens with one attached hydrogen (secondary N) is 7. The van der Waals surface area contributed by atoms with Crippen LogP contribution in [0.2, 0.25) is 0 Å². The first kappa shape index (κ1) is 57.3. The molecule has 2 aliphatic rings. The molecule has 5 amide bonds. The molecule has 0 unspecified atom stereocenters. The smallest absolute Gasteiger partial charge is 0.333 e. The van der Waals surface area contributed by atoms with Crippen molar-refractivity contribution in [3.8, 4) is 28.3 Å². The number of amides is 5. The third-order valence-corrected chi connectivity index (χ3v) is 11.3. The van der Waals surface area contributed by atoms with E-state index in [0.717, 1.165) is 5.69 Å². The summed E-state index contributed by atoms with van der Waals surface area (Å²) in [5.41, 5.74) is 6.77. The Morgan fingerprint density at radius 1 is 0.747 bits per heavy atom. The summed E-state index contributed by atoms with van der Waals surface area (Å²) in [4.78, 5) is 77.2. The van der Waals surface area contributed by atoms with Gasteiger partial charge in [0.25, 0.3) is 11.8 Å². The van der Waals surface area contributed by atoms with Gasteiger partial charge >= 0.3 is 12.0 Å². The summed E-state index contributed by atoms with van der Waals surface area (Å²) in [7, 11) is 1.77. The molecule has 6 rings (SSSR count). The van der Waals surface area contributed by atoms with Gasteiger partial charge in [0.05, 0.1) is 102 Å². The molecular formula is C52H69N9O14. The zero-order valence-corrected chi connectivity index (χ0v) is 43.0. The molecule has 1 aromatic heterocycles. The molecule has 23 heteroatoms. The number of esters is 1. The minimum Gasteiger partial charge on any atom is -0.484 e. The van der Waals surface area contributed by atoms with Gasteiger partial charge in [0.1, 0.15) is 23.1 Å². The van der Waals surface area contributed by atoms with Gasteiger partial charge in [-0.05, 0) is 81.8 Å². The van der Waals surface area contributed by atoms with E-state index in [1.165, 1.54) is 0 Å². The topological polar surface area (TPSA) is 280 Å². The molecule has 1 aliphatic heterocycles. The molecule has 75 heavy (non-hydrogen) atoms. The van der Waals surface area contributed by atoms with Gasteiger partial charge in [-0.1, -0.05) is 12.1 Å². The molecule has 0 radical (unpaired) electrons. The highest BCUT2D eigenvalue weighted by Gasteiger charge is 2.35. The number of aromatic amines is 1. The van der Waals surface area contributed by atoms with Crippen LogP contribution in [0.1, 0.15) is 59.9 Å². The molecule has 1 aliphatic carbocycles. The van der Waals surface area contributed by atoms with E-state index < -0.39 is 29.6 Å². The highest BCUT2D eigenvalue weighted by Crippen LogP contribution is 2.43. The number of rotatable bonds is 31. The lowest BCUT2D eigenvalue weighted by atomic mass is 10.0. The van der Waals surface area contributed by atoms with Crippen LogP contribution in [0.15, 0.2) is 66.7 Å². The Hall–Kier alpha value is -6.99. The summed E-state index contributed by atoms with van der Waals surface area (Å²) in [6.07, 6.45) is 0.0547. The molecule has 406 valence electrons. The number of fused-ring (bicyclic) bond motifs is 3. The summed E-state index contributed by atoms with van der Waals surface area (Å²) in [6.45, 7) is 11.2. The number of aromatic nitrogens is 2. The zero-order valence-electron chi connectivity index (χ0n) is 43.0. The van der Waals surface area contributed by atoms with E-state index in [2.05, 4.69) is 42.2 Å². The fourth-order valence-corrected chi connectivity index (χ4v) is 7.60. The van der Waals surface area contributed by atoms with Crippen LogP contribution >= 0.6 is 0 Å². The second-order valence-electron chi connectivity index (χ2n) is 18.0. The lowest BCUT2D eigenvalue weighted by Crippen LogP contribution is -2.49. The van der Waals surface area contributed by atoms with Crippen LogP contribution in [0.3, 0.4) is 0 Å². The van der Waals surface area contributed by atoms with Gasteiger partial charge < -0.3 is 64.5 Å². The normalized spacial score (nSPS) is 13.5. The molecule has 0 bridgehead atoms. The van der Waals surface area contributed by atoms with Crippen LogP contribution < -0.4 is 36.7 Å². The molecule has 3 aromatic carbocycles. The van der Waals surface area contributed by atoms with E-state index in [0.29, 0.717) is 143 Å². The van der Waals surface area contributed by atoms with E-state index >= 15 is 0 Å². The molecular weight excluding hydrogens is 975 g/mol. The first-order valence-corrected chi connectivity index (χ1v) is 24.9. The Bertz CT molecular complexity index is 2490. The summed E-state index contributed by atoms with van der Waals surface area (Å²) in [6, 6.07) is 17.5. The highest BCUT2D eigenvalue weighted by molar-refractivity contribution is 6.27. The van der Waals surface area contributed by atoms with Crippen molar-refractivity contribution in [2.75, 3.05) is 130 Å². The van der Waals surface area contributed by atoms with E-state index in [1.54, 1.807) is 93.5 Å². The van der Waals surface area contributed by atoms with Crippen LogP contribution in [0.25, 0.3) is 22.5 Å². The average molecular weight is 1040 g/mol. The number of carbonyl (C=O) groups is 6. The van der Waals surface area contributed by atoms with Crippen molar-refractivity contribution < 1.29 is 66.7 Å². The summed E-state index contributed by atoms with van der Waals surface area (Å²) in [5.74, 6) is -1.47. The number of ketones is 1. The van der Waals surface area contributed by atoms with E-state index in [1.807, 2.05) is 6.07 Å². The molecule has 23 nitrogen and oxygen atoms in total. The van der Waals surface area contributed by atoms with Gasteiger partial charge in [-0.25, -0.2) is 14.6 Å². The zero-order chi connectivity index (χ0) is 53.4. The molecule has 4 aromatic rings. The van der Waals surface area contributed by atoms with Crippen molar-refractivity contribution in [2.45, 2.75) is 45.3 Å². The van der Waals surface area contributed by atoms with Crippen LogP contribution in [-0.4, -0.2) is 181 Å². The Morgan fingerprint density at radius 2 is 1.35 bits per heavy atom. The molecule has 7 N–H and O–H groups in total. The Balaban J connectivity index is 0.727. The predicted molar refractivity (Wildman–Crippen MR) is 275 cm³/mol. The van der Waals surface area contributed by atoms with Gasteiger partial charge in [-0.3, -0.25) is 29.7 Å². The van der Waals surface area contributed by atoms with Gasteiger partial charge in [-0.2, -0.15) is 5.10 Å². The molecule has 1 fully saturated rings. The lowest BCUT2D eigenvalue weighted by molar-refractivity contribution is -0.157. The Morgan fingerprint density at radius 3 is 1.95 bits per heavy atom. The number of anilines is 2. The number of carbonyl (C=O) groups excluding carboxylic acids is 6. The molecule has 2 heterocycles. The van der Waals surface area contributed by atoms with Gasteiger partial charge in [0, 0.05) is 62.0 Å². The van der Waals surface area contributed by atoms with E-state index in [4.69, 9.17) is 37.9 Å². The number of hydrogen-bond acceptors (Lipinski definition) is 17. The van der Waals surface area contributed by atoms with Gasteiger partial charge in [0.2, 0.25) is 5.91 Å². The third kappa shape index (κ3) is 18.7. The fraction of sp³-hybridized carbons (Fsp3) is 0.481.